The Morgan fingerprint density at radius 3 is 2.43 bits per heavy atom. The average Bonchev–Trinajstić information content (AvgIpc) is 2.98. The Hall–Kier alpha value is -0.530. The molecule has 0 bridgehead atoms. The van der Waals surface area contributed by atoms with E-state index in [0.717, 1.165) is 38.9 Å². The molecule has 5 nitrogen and oxygen atoms in total. The van der Waals surface area contributed by atoms with E-state index in [1.807, 2.05) is 4.90 Å². The van der Waals surface area contributed by atoms with Crippen molar-refractivity contribution in [3.63, 3.8) is 0 Å². The van der Waals surface area contributed by atoms with Crippen LogP contribution in [-0.4, -0.2) is 42.9 Å². The maximum Gasteiger partial charge on any atom is 0.244 e. The van der Waals surface area contributed by atoms with Crippen molar-refractivity contribution in [2.45, 2.75) is 58.3 Å². The minimum atomic E-state index is 0. The maximum absolute atomic E-state index is 11.8. The van der Waals surface area contributed by atoms with Crippen LogP contribution in [0.1, 0.15) is 58.3 Å². The molecule has 0 saturated carbocycles. The molecular formula is C15H31IN4O. The monoisotopic (exact) mass is 410 g/mol. The van der Waals surface area contributed by atoms with Crippen molar-refractivity contribution < 1.29 is 4.79 Å². The third-order valence-corrected chi connectivity index (χ3v) is 3.68. The predicted molar refractivity (Wildman–Crippen MR) is 99.1 cm³/mol. The number of hydrogen-bond acceptors (Lipinski definition) is 2. The molecule has 0 aromatic rings. The highest BCUT2D eigenvalue weighted by Crippen LogP contribution is 2.07. The number of nitrogens with one attached hydrogen (secondary N) is 1. The number of guanidine groups is 1. The van der Waals surface area contributed by atoms with Crippen LogP contribution in [0.5, 0.6) is 0 Å². The van der Waals surface area contributed by atoms with Crippen molar-refractivity contribution in [2.75, 3.05) is 26.2 Å². The van der Waals surface area contributed by atoms with Crippen LogP contribution < -0.4 is 11.1 Å². The molecule has 21 heavy (non-hydrogen) atoms. The molecule has 1 fully saturated rings. The Labute approximate surface area is 146 Å². The van der Waals surface area contributed by atoms with Crippen LogP contribution >= 0.6 is 24.0 Å². The second-order valence-corrected chi connectivity index (χ2v) is 5.48. The van der Waals surface area contributed by atoms with E-state index in [2.05, 4.69) is 17.2 Å². The number of hydrogen-bond donors (Lipinski definition) is 2. The van der Waals surface area contributed by atoms with E-state index in [0.29, 0.717) is 5.96 Å². The molecule has 0 aromatic carbocycles. The molecule has 1 heterocycles. The second-order valence-electron chi connectivity index (χ2n) is 5.48. The summed E-state index contributed by atoms with van der Waals surface area (Å²) in [5.41, 5.74) is 5.75. The van der Waals surface area contributed by atoms with Gasteiger partial charge in [0.2, 0.25) is 5.91 Å². The molecule has 0 atom stereocenters. The molecule has 0 spiro atoms. The van der Waals surface area contributed by atoms with E-state index in [4.69, 9.17) is 5.73 Å². The van der Waals surface area contributed by atoms with E-state index in [-0.39, 0.29) is 36.4 Å². The zero-order valence-corrected chi connectivity index (χ0v) is 15.6. The Morgan fingerprint density at radius 2 is 1.76 bits per heavy atom. The third-order valence-electron chi connectivity index (χ3n) is 3.68. The highest BCUT2D eigenvalue weighted by Gasteiger charge is 2.16. The fraction of sp³-hybridized carbons (Fsp3) is 0.867. The summed E-state index contributed by atoms with van der Waals surface area (Å²) in [5, 5.41) is 3.08. The van der Waals surface area contributed by atoms with E-state index in [1.54, 1.807) is 0 Å². The van der Waals surface area contributed by atoms with Crippen molar-refractivity contribution in [1.82, 2.24) is 10.2 Å². The van der Waals surface area contributed by atoms with Crippen molar-refractivity contribution in [3.8, 4) is 0 Å². The smallest absolute Gasteiger partial charge is 0.244 e. The van der Waals surface area contributed by atoms with Gasteiger partial charge in [-0.25, -0.2) is 4.99 Å². The van der Waals surface area contributed by atoms with Gasteiger partial charge in [0.1, 0.15) is 6.54 Å². The molecule has 1 aliphatic rings. The van der Waals surface area contributed by atoms with E-state index in [1.165, 1.54) is 32.1 Å². The van der Waals surface area contributed by atoms with Crippen molar-refractivity contribution in [1.29, 1.82) is 0 Å². The van der Waals surface area contributed by atoms with Gasteiger partial charge in [0.25, 0.3) is 0 Å². The number of carbonyl (C=O) groups excluding carboxylic acids is 1. The highest BCUT2D eigenvalue weighted by atomic mass is 127. The first kappa shape index (κ1) is 20.5. The van der Waals surface area contributed by atoms with Gasteiger partial charge in [-0.2, -0.15) is 0 Å². The van der Waals surface area contributed by atoms with Gasteiger partial charge >= 0.3 is 0 Å². The molecule has 124 valence electrons. The number of unbranched alkanes of at least 4 members (excludes halogenated alkanes) is 5. The molecule has 0 radical (unpaired) electrons. The van der Waals surface area contributed by atoms with Crippen molar-refractivity contribution in [2.24, 2.45) is 10.7 Å². The van der Waals surface area contributed by atoms with Crippen LogP contribution in [0.15, 0.2) is 4.99 Å². The molecule has 0 unspecified atom stereocenters. The van der Waals surface area contributed by atoms with Crippen LogP contribution in [-0.2, 0) is 4.79 Å². The number of nitrogens with two attached hydrogens (primary N) is 1. The normalized spacial score (nSPS) is 14.9. The number of likely N-dealkylation sites (tertiary alicyclic amines) is 1. The Balaban J connectivity index is 0.00000400. The summed E-state index contributed by atoms with van der Waals surface area (Å²) in [5.74, 6) is 0.484. The van der Waals surface area contributed by atoms with Gasteiger partial charge in [-0.1, -0.05) is 39.0 Å². The molecule has 3 N–H and O–H groups in total. The Kier molecular flexibility index (Phi) is 12.8. The maximum atomic E-state index is 11.8. The standard InChI is InChI=1S/C15H30N4O.HI/c1-2-3-4-5-6-7-10-17-15(16)18-13-14(20)19-11-8-9-12-19;/h2-13H2,1H3,(H3,16,17,18);1H. The molecule has 0 aromatic heterocycles. The fourth-order valence-electron chi connectivity index (χ4n) is 2.40. The van der Waals surface area contributed by atoms with E-state index >= 15 is 0 Å². The summed E-state index contributed by atoms with van der Waals surface area (Å²) in [4.78, 5) is 17.7. The topological polar surface area (TPSA) is 70.7 Å². The minimum Gasteiger partial charge on any atom is -0.370 e. The lowest BCUT2D eigenvalue weighted by Gasteiger charge is -2.13. The highest BCUT2D eigenvalue weighted by molar-refractivity contribution is 14.0. The SMILES string of the molecule is CCCCCCCCNC(N)=NCC(=O)N1CCCC1.I. The summed E-state index contributed by atoms with van der Waals surface area (Å²) in [6.45, 7) is 5.00. The molecule has 6 heteroatoms. The largest absolute Gasteiger partial charge is 0.370 e. The molecule has 1 amide bonds. The zero-order valence-electron chi connectivity index (χ0n) is 13.3. The lowest BCUT2D eigenvalue weighted by atomic mass is 10.1. The summed E-state index contributed by atoms with van der Waals surface area (Å²) < 4.78 is 0. The first-order valence-electron chi connectivity index (χ1n) is 8.05. The van der Waals surface area contributed by atoms with E-state index < -0.39 is 0 Å². The summed E-state index contributed by atoms with van der Waals surface area (Å²) in [6, 6.07) is 0. The molecule has 1 aliphatic heterocycles. The molecule has 1 saturated heterocycles. The van der Waals surface area contributed by atoms with Gasteiger partial charge < -0.3 is 16.0 Å². The number of rotatable bonds is 9. The quantitative estimate of drug-likeness (QED) is 0.266. The summed E-state index contributed by atoms with van der Waals surface area (Å²) in [7, 11) is 0. The summed E-state index contributed by atoms with van der Waals surface area (Å²) >= 11 is 0. The van der Waals surface area contributed by atoms with Crippen LogP contribution in [0, 0.1) is 0 Å². The number of carbonyl (C=O) groups is 1. The molecule has 1 rings (SSSR count). The molecule has 0 aliphatic carbocycles. The lowest BCUT2D eigenvalue weighted by Crippen LogP contribution is -2.35. The Bertz CT molecular complexity index is 304. The first-order valence-corrected chi connectivity index (χ1v) is 8.05. The van der Waals surface area contributed by atoms with Gasteiger partial charge in [-0.15, -0.1) is 24.0 Å². The van der Waals surface area contributed by atoms with Gasteiger partial charge in [-0.3, -0.25) is 4.79 Å². The van der Waals surface area contributed by atoms with Gasteiger partial charge in [0.05, 0.1) is 0 Å². The van der Waals surface area contributed by atoms with Crippen LogP contribution in [0.25, 0.3) is 0 Å². The minimum absolute atomic E-state index is 0. The second kappa shape index (κ2) is 13.2. The third kappa shape index (κ3) is 9.92. The van der Waals surface area contributed by atoms with Crippen molar-refractivity contribution >= 4 is 35.8 Å². The Morgan fingerprint density at radius 1 is 1.14 bits per heavy atom. The number of nitrogens with zero attached hydrogens (tertiary/aromatic N) is 2. The number of aliphatic imine (C=N–C) groups is 1. The number of amides is 1. The van der Waals surface area contributed by atoms with Gasteiger partial charge in [-0.05, 0) is 19.3 Å². The first-order chi connectivity index (χ1) is 9.74. The fourth-order valence-corrected chi connectivity index (χ4v) is 2.40. The van der Waals surface area contributed by atoms with Gasteiger partial charge in [0, 0.05) is 19.6 Å². The predicted octanol–water partition coefficient (Wildman–Crippen LogP) is 2.49. The average molecular weight is 410 g/mol. The zero-order chi connectivity index (χ0) is 14.6. The van der Waals surface area contributed by atoms with Gasteiger partial charge in [0.15, 0.2) is 5.96 Å². The van der Waals surface area contributed by atoms with Crippen molar-refractivity contribution in [3.05, 3.63) is 0 Å². The summed E-state index contributed by atoms with van der Waals surface area (Å²) in [6.07, 6.45) is 9.79. The van der Waals surface area contributed by atoms with Crippen LogP contribution in [0.4, 0.5) is 0 Å². The van der Waals surface area contributed by atoms with Crippen LogP contribution in [0.2, 0.25) is 0 Å². The lowest BCUT2D eigenvalue weighted by molar-refractivity contribution is -0.128. The number of halogens is 1. The van der Waals surface area contributed by atoms with E-state index in [9.17, 15) is 4.79 Å². The van der Waals surface area contributed by atoms with Crippen LogP contribution in [0.3, 0.4) is 0 Å². The molecular weight excluding hydrogens is 379 g/mol.